The van der Waals surface area contributed by atoms with Gasteiger partial charge in [0.2, 0.25) is 0 Å². The molecule has 20 heavy (non-hydrogen) atoms. The SMILES string of the molecule is CCC(C)OC(=O)[C@H]1C[C@@H](Cl)C[C@@H](c2ccccc2)O1. The second-order valence-electron chi connectivity index (χ2n) is 5.25. The van der Waals surface area contributed by atoms with E-state index in [1.807, 2.05) is 44.2 Å². The summed E-state index contributed by atoms with van der Waals surface area (Å²) in [6, 6.07) is 9.87. The molecule has 1 unspecified atom stereocenters. The van der Waals surface area contributed by atoms with Crippen molar-refractivity contribution < 1.29 is 14.3 Å². The third kappa shape index (κ3) is 3.97. The Morgan fingerprint density at radius 1 is 1.40 bits per heavy atom. The van der Waals surface area contributed by atoms with Gasteiger partial charge in [-0.3, -0.25) is 0 Å². The lowest BCUT2D eigenvalue weighted by molar-refractivity contribution is -0.170. The third-order valence-corrected chi connectivity index (χ3v) is 3.95. The normalized spacial score (nSPS) is 27.9. The van der Waals surface area contributed by atoms with Crippen molar-refractivity contribution in [2.75, 3.05) is 0 Å². The number of alkyl halides is 1. The number of carbonyl (C=O) groups is 1. The number of halogens is 1. The van der Waals surface area contributed by atoms with Gasteiger partial charge in [0.05, 0.1) is 12.2 Å². The molecule has 0 bridgehead atoms. The number of rotatable bonds is 4. The van der Waals surface area contributed by atoms with Crippen LogP contribution in [0.2, 0.25) is 0 Å². The molecule has 1 aliphatic heterocycles. The van der Waals surface area contributed by atoms with Gasteiger partial charge in [-0.05, 0) is 25.3 Å². The first-order valence-electron chi connectivity index (χ1n) is 7.15. The minimum atomic E-state index is -0.564. The van der Waals surface area contributed by atoms with Crippen LogP contribution in [0.4, 0.5) is 0 Å². The van der Waals surface area contributed by atoms with E-state index in [-0.39, 0.29) is 23.6 Å². The zero-order valence-corrected chi connectivity index (χ0v) is 12.7. The monoisotopic (exact) mass is 296 g/mol. The largest absolute Gasteiger partial charge is 0.461 e. The van der Waals surface area contributed by atoms with E-state index in [9.17, 15) is 4.79 Å². The lowest BCUT2D eigenvalue weighted by Crippen LogP contribution is -2.37. The van der Waals surface area contributed by atoms with Crippen molar-refractivity contribution in [3.63, 3.8) is 0 Å². The van der Waals surface area contributed by atoms with Crippen LogP contribution in [0.5, 0.6) is 0 Å². The highest BCUT2D eigenvalue weighted by Gasteiger charge is 2.34. The standard InChI is InChI=1S/C16H21ClO3/c1-3-11(2)19-16(18)15-10-13(17)9-14(20-15)12-7-5-4-6-8-12/h4-8,11,13-15H,3,9-10H2,1-2H3/t11?,13-,14-,15+/m0/s1. The van der Waals surface area contributed by atoms with Crippen molar-refractivity contribution in [3.8, 4) is 0 Å². The number of hydrogen-bond acceptors (Lipinski definition) is 3. The van der Waals surface area contributed by atoms with E-state index in [1.165, 1.54) is 0 Å². The number of esters is 1. The number of benzene rings is 1. The van der Waals surface area contributed by atoms with E-state index in [0.29, 0.717) is 6.42 Å². The van der Waals surface area contributed by atoms with E-state index >= 15 is 0 Å². The van der Waals surface area contributed by atoms with Crippen molar-refractivity contribution >= 4 is 17.6 Å². The van der Waals surface area contributed by atoms with Gasteiger partial charge < -0.3 is 9.47 Å². The molecule has 1 heterocycles. The maximum atomic E-state index is 12.1. The number of ether oxygens (including phenoxy) is 2. The molecule has 1 fully saturated rings. The van der Waals surface area contributed by atoms with Crippen LogP contribution < -0.4 is 0 Å². The first-order valence-corrected chi connectivity index (χ1v) is 7.58. The Hall–Kier alpha value is -1.06. The Morgan fingerprint density at radius 3 is 2.75 bits per heavy atom. The molecule has 0 aliphatic carbocycles. The van der Waals surface area contributed by atoms with Crippen molar-refractivity contribution in [1.82, 2.24) is 0 Å². The Balaban J connectivity index is 2.03. The summed E-state index contributed by atoms with van der Waals surface area (Å²) in [4.78, 5) is 12.1. The Kier molecular flexibility index (Phi) is 5.44. The number of hydrogen-bond donors (Lipinski definition) is 0. The molecular formula is C16H21ClO3. The van der Waals surface area contributed by atoms with Gasteiger partial charge in [-0.1, -0.05) is 37.3 Å². The van der Waals surface area contributed by atoms with Crippen LogP contribution in [-0.4, -0.2) is 23.6 Å². The molecule has 0 saturated carbocycles. The predicted octanol–water partition coefficient (Wildman–Crippen LogP) is 3.86. The zero-order valence-electron chi connectivity index (χ0n) is 11.9. The van der Waals surface area contributed by atoms with Crippen molar-refractivity contribution in [1.29, 1.82) is 0 Å². The molecular weight excluding hydrogens is 276 g/mol. The fourth-order valence-electron chi connectivity index (χ4n) is 2.26. The van der Waals surface area contributed by atoms with Crippen LogP contribution in [0.3, 0.4) is 0 Å². The van der Waals surface area contributed by atoms with Crippen molar-refractivity contribution in [3.05, 3.63) is 35.9 Å². The summed E-state index contributed by atoms with van der Waals surface area (Å²) < 4.78 is 11.2. The van der Waals surface area contributed by atoms with Crippen LogP contribution >= 0.6 is 11.6 Å². The summed E-state index contributed by atoms with van der Waals surface area (Å²) in [6.45, 7) is 3.87. The van der Waals surface area contributed by atoms with Gasteiger partial charge in [-0.15, -0.1) is 11.6 Å². The molecule has 1 aliphatic rings. The molecule has 1 aromatic rings. The highest BCUT2D eigenvalue weighted by Crippen LogP contribution is 2.34. The summed E-state index contributed by atoms with van der Waals surface area (Å²) in [6.07, 6.45) is 1.24. The molecule has 2 rings (SSSR count). The van der Waals surface area contributed by atoms with E-state index in [0.717, 1.165) is 18.4 Å². The third-order valence-electron chi connectivity index (χ3n) is 3.59. The molecule has 110 valence electrons. The van der Waals surface area contributed by atoms with Crippen LogP contribution in [0.1, 0.15) is 44.8 Å². The highest BCUT2D eigenvalue weighted by molar-refractivity contribution is 6.20. The van der Waals surface area contributed by atoms with Crippen LogP contribution in [-0.2, 0) is 14.3 Å². The lowest BCUT2D eigenvalue weighted by atomic mass is 9.98. The summed E-state index contributed by atoms with van der Waals surface area (Å²) >= 11 is 6.28. The number of carbonyl (C=O) groups excluding carboxylic acids is 1. The first-order chi connectivity index (χ1) is 9.60. The van der Waals surface area contributed by atoms with Gasteiger partial charge in [-0.2, -0.15) is 0 Å². The molecule has 1 aromatic carbocycles. The van der Waals surface area contributed by atoms with E-state index in [1.54, 1.807) is 0 Å². The average Bonchev–Trinajstić information content (AvgIpc) is 2.47. The Bertz CT molecular complexity index is 435. The Morgan fingerprint density at radius 2 is 2.10 bits per heavy atom. The van der Waals surface area contributed by atoms with Crippen molar-refractivity contribution in [2.24, 2.45) is 0 Å². The summed E-state index contributed by atoms with van der Waals surface area (Å²) in [5, 5.41) is -0.0663. The molecule has 4 heteroatoms. The van der Waals surface area contributed by atoms with E-state index in [4.69, 9.17) is 21.1 Å². The minimum absolute atomic E-state index is 0.0663. The molecule has 0 aromatic heterocycles. The van der Waals surface area contributed by atoms with Crippen LogP contribution in [0.15, 0.2) is 30.3 Å². The van der Waals surface area contributed by atoms with Gasteiger partial charge in [-0.25, -0.2) is 4.79 Å². The first kappa shape index (κ1) is 15.3. The van der Waals surface area contributed by atoms with Gasteiger partial charge in [0, 0.05) is 11.8 Å². The van der Waals surface area contributed by atoms with Gasteiger partial charge in [0.1, 0.15) is 0 Å². The van der Waals surface area contributed by atoms with Crippen LogP contribution in [0, 0.1) is 0 Å². The molecule has 0 N–H and O–H groups in total. The average molecular weight is 297 g/mol. The highest BCUT2D eigenvalue weighted by atomic mass is 35.5. The summed E-state index contributed by atoms with van der Waals surface area (Å²) in [7, 11) is 0. The molecule has 0 amide bonds. The quantitative estimate of drug-likeness (QED) is 0.625. The van der Waals surface area contributed by atoms with E-state index < -0.39 is 6.10 Å². The molecule has 0 radical (unpaired) electrons. The molecule has 0 spiro atoms. The fraction of sp³-hybridized carbons (Fsp3) is 0.562. The van der Waals surface area contributed by atoms with Crippen molar-refractivity contribution in [2.45, 2.75) is 56.8 Å². The van der Waals surface area contributed by atoms with Gasteiger partial charge in [0.25, 0.3) is 0 Å². The van der Waals surface area contributed by atoms with Gasteiger partial charge in [0.15, 0.2) is 6.10 Å². The maximum absolute atomic E-state index is 12.1. The lowest BCUT2D eigenvalue weighted by Gasteiger charge is -2.32. The van der Waals surface area contributed by atoms with Gasteiger partial charge >= 0.3 is 5.97 Å². The Labute approximate surface area is 125 Å². The predicted molar refractivity (Wildman–Crippen MR) is 78.8 cm³/mol. The summed E-state index contributed by atoms with van der Waals surface area (Å²) in [5.41, 5.74) is 1.05. The topological polar surface area (TPSA) is 35.5 Å². The van der Waals surface area contributed by atoms with Crippen LogP contribution in [0.25, 0.3) is 0 Å². The maximum Gasteiger partial charge on any atom is 0.335 e. The molecule has 4 atom stereocenters. The second kappa shape index (κ2) is 7.09. The summed E-state index contributed by atoms with van der Waals surface area (Å²) in [5.74, 6) is -0.300. The fourth-order valence-corrected chi connectivity index (χ4v) is 2.59. The molecule has 3 nitrogen and oxygen atoms in total. The minimum Gasteiger partial charge on any atom is -0.461 e. The zero-order chi connectivity index (χ0) is 14.5. The smallest absolute Gasteiger partial charge is 0.335 e. The van der Waals surface area contributed by atoms with E-state index in [2.05, 4.69) is 0 Å². The molecule has 1 saturated heterocycles. The second-order valence-corrected chi connectivity index (χ2v) is 5.87.